The first-order valence-electron chi connectivity index (χ1n) is 5.44. The molecule has 2 aromatic heterocycles. The number of aromatic amines is 1. The number of aromatic nitrogens is 4. The maximum absolute atomic E-state index is 11.6. The summed E-state index contributed by atoms with van der Waals surface area (Å²) < 4.78 is 8.86. The van der Waals surface area contributed by atoms with Crippen LogP contribution in [0.2, 0.25) is 0 Å². The summed E-state index contributed by atoms with van der Waals surface area (Å²) in [5.74, 6) is 0.648. The van der Waals surface area contributed by atoms with Crippen molar-refractivity contribution in [1.82, 2.24) is 19.3 Å². The van der Waals surface area contributed by atoms with Gasteiger partial charge in [0.2, 0.25) is 0 Å². The minimum Gasteiger partial charge on any atom is -0.383 e. The first-order chi connectivity index (χ1) is 8.63. The Labute approximate surface area is 109 Å². The molecule has 0 aliphatic rings. The average Bonchev–Trinajstić information content (AvgIpc) is 2.72. The van der Waals surface area contributed by atoms with Crippen LogP contribution >= 0.6 is 12.2 Å². The van der Waals surface area contributed by atoms with Crippen molar-refractivity contribution in [2.45, 2.75) is 6.54 Å². The fourth-order valence-corrected chi connectivity index (χ4v) is 1.84. The summed E-state index contributed by atoms with van der Waals surface area (Å²) in [6.07, 6.45) is 1.70. The van der Waals surface area contributed by atoms with Gasteiger partial charge in [-0.2, -0.15) is 5.10 Å². The molecule has 7 heteroatoms. The van der Waals surface area contributed by atoms with Gasteiger partial charge in [-0.25, -0.2) is 0 Å². The number of pyridine rings is 1. The van der Waals surface area contributed by atoms with Crippen LogP contribution in [0.3, 0.4) is 0 Å². The van der Waals surface area contributed by atoms with Crippen LogP contribution in [0.5, 0.6) is 0 Å². The van der Waals surface area contributed by atoms with Gasteiger partial charge in [-0.3, -0.25) is 14.5 Å². The standard InChI is InChI=1S/C11H14N4O2S/c1-14-4-3-8(7-9(14)16)10-12-13-11(18)15(10)5-6-17-2/h3-4,7H,5-6H2,1-2H3,(H,13,18). The van der Waals surface area contributed by atoms with Gasteiger partial charge >= 0.3 is 0 Å². The molecule has 0 fully saturated rings. The van der Waals surface area contributed by atoms with Gasteiger partial charge in [0.25, 0.3) is 5.56 Å². The van der Waals surface area contributed by atoms with Crippen LogP contribution in [-0.2, 0) is 18.3 Å². The molecule has 0 aromatic carbocycles. The van der Waals surface area contributed by atoms with Crippen molar-refractivity contribution in [3.05, 3.63) is 33.5 Å². The number of aryl methyl sites for hydroxylation is 1. The first-order valence-corrected chi connectivity index (χ1v) is 5.85. The maximum atomic E-state index is 11.6. The monoisotopic (exact) mass is 266 g/mol. The predicted molar refractivity (Wildman–Crippen MR) is 70.0 cm³/mol. The predicted octanol–water partition coefficient (Wildman–Crippen LogP) is 0.953. The van der Waals surface area contributed by atoms with Gasteiger partial charge in [0, 0.05) is 32.0 Å². The van der Waals surface area contributed by atoms with Gasteiger partial charge in [0.15, 0.2) is 10.6 Å². The summed E-state index contributed by atoms with van der Waals surface area (Å²) in [5.41, 5.74) is 0.654. The molecule has 2 heterocycles. The van der Waals surface area contributed by atoms with Crippen molar-refractivity contribution in [3.8, 4) is 11.4 Å². The van der Waals surface area contributed by atoms with E-state index in [1.54, 1.807) is 20.4 Å². The van der Waals surface area contributed by atoms with Gasteiger partial charge in [-0.1, -0.05) is 0 Å². The molecule has 0 aliphatic carbocycles. The van der Waals surface area contributed by atoms with Crippen LogP contribution < -0.4 is 5.56 Å². The zero-order chi connectivity index (χ0) is 13.1. The van der Waals surface area contributed by atoms with E-state index in [0.717, 1.165) is 5.56 Å². The number of H-pyrrole nitrogens is 1. The lowest BCUT2D eigenvalue weighted by Gasteiger charge is -2.06. The number of hydrogen-bond donors (Lipinski definition) is 1. The quantitative estimate of drug-likeness (QED) is 0.837. The first kappa shape index (κ1) is 12.7. The number of methoxy groups -OCH3 is 1. The second-order valence-corrected chi connectivity index (χ2v) is 4.25. The number of hydrogen-bond acceptors (Lipinski definition) is 4. The van der Waals surface area contributed by atoms with Crippen molar-refractivity contribution in [2.24, 2.45) is 7.05 Å². The molecular formula is C11H14N4O2S. The van der Waals surface area contributed by atoms with Crippen LogP contribution in [-0.4, -0.2) is 33.0 Å². The molecule has 0 aliphatic heterocycles. The number of nitrogens with one attached hydrogen (secondary N) is 1. The molecule has 0 saturated carbocycles. The number of ether oxygens (including phenoxy) is 1. The van der Waals surface area contributed by atoms with E-state index in [0.29, 0.717) is 23.7 Å². The largest absolute Gasteiger partial charge is 0.383 e. The molecule has 2 rings (SSSR count). The second kappa shape index (κ2) is 5.28. The fraction of sp³-hybridized carbons (Fsp3) is 0.364. The third-order valence-electron chi connectivity index (χ3n) is 2.64. The van der Waals surface area contributed by atoms with E-state index < -0.39 is 0 Å². The fourth-order valence-electron chi connectivity index (χ4n) is 1.62. The third-order valence-corrected chi connectivity index (χ3v) is 2.95. The lowest BCUT2D eigenvalue weighted by molar-refractivity contribution is 0.187. The summed E-state index contributed by atoms with van der Waals surface area (Å²) >= 11 is 5.15. The Hall–Kier alpha value is -1.73. The minimum absolute atomic E-state index is 0.0836. The molecule has 18 heavy (non-hydrogen) atoms. The van der Waals surface area contributed by atoms with Crippen LogP contribution in [0.4, 0.5) is 0 Å². The molecule has 0 atom stereocenters. The molecular weight excluding hydrogens is 252 g/mol. The lowest BCUT2D eigenvalue weighted by Crippen LogP contribution is -2.15. The van der Waals surface area contributed by atoms with Crippen molar-refractivity contribution in [2.75, 3.05) is 13.7 Å². The molecule has 6 nitrogen and oxygen atoms in total. The molecule has 0 amide bonds. The van der Waals surface area contributed by atoms with Crippen LogP contribution in [0.25, 0.3) is 11.4 Å². The SMILES string of the molecule is COCCn1c(-c2ccn(C)c(=O)c2)n[nH]c1=S. The van der Waals surface area contributed by atoms with Crippen molar-refractivity contribution >= 4 is 12.2 Å². The molecule has 0 spiro atoms. The Balaban J connectivity index is 2.47. The molecule has 96 valence electrons. The van der Waals surface area contributed by atoms with E-state index in [-0.39, 0.29) is 5.56 Å². The van der Waals surface area contributed by atoms with Gasteiger partial charge in [0.1, 0.15) is 0 Å². The van der Waals surface area contributed by atoms with Gasteiger partial charge in [-0.15, -0.1) is 0 Å². The van der Waals surface area contributed by atoms with Crippen LogP contribution in [0.15, 0.2) is 23.1 Å². The van der Waals surface area contributed by atoms with Crippen molar-refractivity contribution in [3.63, 3.8) is 0 Å². The van der Waals surface area contributed by atoms with E-state index >= 15 is 0 Å². The highest BCUT2D eigenvalue weighted by atomic mass is 32.1. The van der Waals surface area contributed by atoms with E-state index in [1.165, 1.54) is 10.6 Å². The molecule has 1 N–H and O–H groups in total. The number of nitrogens with zero attached hydrogens (tertiary/aromatic N) is 3. The highest BCUT2D eigenvalue weighted by Crippen LogP contribution is 2.14. The summed E-state index contributed by atoms with van der Waals surface area (Å²) in [7, 11) is 3.33. The summed E-state index contributed by atoms with van der Waals surface area (Å²) in [6.45, 7) is 1.13. The zero-order valence-electron chi connectivity index (χ0n) is 10.2. The summed E-state index contributed by atoms with van der Waals surface area (Å²) in [6, 6.07) is 3.36. The topological polar surface area (TPSA) is 64.8 Å². The smallest absolute Gasteiger partial charge is 0.250 e. The number of rotatable bonds is 4. The minimum atomic E-state index is -0.0836. The zero-order valence-corrected chi connectivity index (χ0v) is 11.0. The Morgan fingerprint density at radius 2 is 2.33 bits per heavy atom. The normalized spacial score (nSPS) is 10.8. The third kappa shape index (κ3) is 2.41. The van der Waals surface area contributed by atoms with Gasteiger partial charge in [-0.05, 0) is 18.3 Å². The Morgan fingerprint density at radius 3 is 3.00 bits per heavy atom. The van der Waals surface area contributed by atoms with E-state index in [9.17, 15) is 4.79 Å². The van der Waals surface area contributed by atoms with Crippen molar-refractivity contribution < 1.29 is 4.74 Å². The van der Waals surface area contributed by atoms with E-state index in [1.807, 2.05) is 10.6 Å². The summed E-state index contributed by atoms with van der Waals surface area (Å²) in [4.78, 5) is 11.6. The molecule has 0 bridgehead atoms. The van der Waals surface area contributed by atoms with E-state index in [4.69, 9.17) is 17.0 Å². The van der Waals surface area contributed by atoms with Gasteiger partial charge < -0.3 is 9.30 Å². The van der Waals surface area contributed by atoms with Gasteiger partial charge in [0.05, 0.1) is 13.2 Å². The maximum Gasteiger partial charge on any atom is 0.250 e. The molecule has 0 saturated heterocycles. The highest BCUT2D eigenvalue weighted by molar-refractivity contribution is 7.71. The summed E-state index contributed by atoms with van der Waals surface area (Å²) in [5, 5.41) is 6.88. The Morgan fingerprint density at radius 1 is 1.56 bits per heavy atom. The van der Waals surface area contributed by atoms with E-state index in [2.05, 4.69) is 10.2 Å². The Kier molecular flexibility index (Phi) is 3.73. The van der Waals surface area contributed by atoms with Crippen molar-refractivity contribution in [1.29, 1.82) is 0 Å². The van der Waals surface area contributed by atoms with Crippen LogP contribution in [0, 0.1) is 4.77 Å². The average molecular weight is 266 g/mol. The molecule has 0 radical (unpaired) electrons. The lowest BCUT2D eigenvalue weighted by atomic mass is 10.2. The Bertz CT molecular complexity index is 656. The highest BCUT2D eigenvalue weighted by Gasteiger charge is 2.09. The van der Waals surface area contributed by atoms with Crippen LogP contribution in [0.1, 0.15) is 0 Å². The molecule has 0 unspecified atom stereocenters. The second-order valence-electron chi connectivity index (χ2n) is 3.86. The molecule has 2 aromatic rings.